The van der Waals surface area contributed by atoms with E-state index in [9.17, 15) is 4.79 Å². The fourth-order valence-corrected chi connectivity index (χ4v) is 1.92. The molecule has 120 valence electrons. The van der Waals surface area contributed by atoms with Crippen molar-refractivity contribution in [3.8, 4) is 12.3 Å². The van der Waals surface area contributed by atoms with Crippen LogP contribution >= 0.6 is 0 Å². The molecule has 0 unspecified atom stereocenters. The van der Waals surface area contributed by atoms with Gasteiger partial charge < -0.3 is 25.7 Å². The average Bonchev–Trinajstić information content (AvgIpc) is 2.50. The molecule has 1 aromatic carbocycles. The molecule has 4 N–H and O–H groups in total. The Labute approximate surface area is 130 Å². The first-order valence-corrected chi connectivity index (χ1v) is 6.93. The Morgan fingerprint density at radius 3 is 2.41 bits per heavy atom. The van der Waals surface area contributed by atoms with Gasteiger partial charge in [0.1, 0.15) is 0 Å². The van der Waals surface area contributed by atoms with Crippen molar-refractivity contribution >= 4 is 11.6 Å². The lowest BCUT2D eigenvalue weighted by molar-refractivity contribution is 0.0255. The van der Waals surface area contributed by atoms with Crippen molar-refractivity contribution < 1.29 is 19.0 Å². The lowest BCUT2D eigenvalue weighted by Crippen LogP contribution is -2.17. The maximum Gasteiger partial charge on any atom is 0.249 e. The van der Waals surface area contributed by atoms with Gasteiger partial charge in [0.25, 0.3) is 0 Å². The van der Waals surface area contributed by atoms with E-state index in [0.717, 1.165) is 0 Å². The fourth-order valence-electron chi connectivity index (χ4n) is 1.92. The van der Waals surface area contributed by atoms with Gasteiger partial charge in [-0.1, -0.05) is 5.92 Å². The number of anilines is 1. The van der Waals surface area contributed by atoms with Gasteiger partial charge in [0.15, 0.2) is 0 Å². The molecule has 0 aliphatic heterocycles. The second-order valence-corrected chi connectivity index (χ2v) is 4.57. The molecule has 0 bridgehead atoms. The predicted molar refractivity (Wildman–Crippen MR) is 84.5 cm³/mol. The minimum absolute atomic E-state index is 0.341. The molecule has 0 fully saturated rings. The van der Waals surface area contributed by atoms with Crippen molar-refractivity contribution in [2.45, 2.75) is 6.42 Å². The summed E-state index contributed by atoms with van der Waals surface area (Å²) in [4.78, 5) is 11.5. The van der Waals surface area contributed by atoms with Gasteiger partial charge in [-0.25, -0.2) is 0 Å². The van der Waals surface area contributed by atoms with Crippen molar-refractivity contribution in [3.05, 3.63) is 28.8 Å². The molecule has 0 aliphatic carbocycles. The van der Waals surface area contributed by atoms with Crippen LogP contribution in [0, 0.1) is 12.3 Å². The number of terminal acetylenes is 1. The summed E-state index contributed by atoms with van der Waals surface area (Å²) in [6.07, 6.45) is 5.80. The van der Waals surface area contributed by atoms with Crippen molar-refractivity contribution in [2.24, 2.45) is 5.73 Å². The number of primary amides is 1. The fraction of sp³-hybridized carbons (Fsp3) is 0.438. The third kappa shape index (κ3) is 5.74. The van der Waals surface area contributed by atoms with Gasteiger partial charge in [0.2, 0.25) is 5.91 Å². The van der Waals surface area contributed by atoms with Gasteiger partial charge in [-0.3, -0.25) is 4.79 Å². The third-order valence-corrected chi connectivity index (χ3v) is 3.02. The molecule has 1 aromatic rings. The summed E-state index contributed by atoms with van der Waals surface area (Å²) in [5.74, 6) is 1.89. The number of nitrogens with two attached hydrogens (primary N) is 2. The van der Waals surface area contributed by atoms with Crippen LogP contribution in [0.25, 0.3) is 0 Å². The van der Waals surface area contributed by atoms with Crippen molar-refractivity contribution in [3.63, 3.8) is 0 Å². The molecule has 0 aromatic heterocycles. The largest absolute Gasteiger partial charge is 0.398 e. The Balaban J connectivity index is 2.49. The molecule has 0 heterocycles. The molecule has 6 heteroatoms. The Bertz CT molecular complexity index is 538. The maximum absolute atomic E-state index is 11.5. The highest BCUT2D eigenvalue weighted by atomic mass is 16.5. The van der Waals surface area contributed by atoms with Crippen LogP contribution in [0.15, 0.2) is 12.1 Å². The maximum atomic E-state index is 11.5. The van der Waals surface area contributed by atoms with E-state index in [1.807, 2.05) is 0 Å². The van der Waals surface area contributed by atoms with Crippen LogP contribution in [0.1, 0.15) is 21.5 Å². The molecule has 22 heavy (non-hydrogen) atoms. The van der Waals surface area contributed by atoms with Gasteiger partial charge in [-0.2, -0.15) is 0 Å². The summed E-state index contributed by atoms with van der Waals surface area (Å²) in [5, 5.41) is 0. The number of ether oxygens (including phenoxy) is 3. The minimum Gasteiger partial charge on any atom is -0.398 e. The number of benzene rings is 1. The first kappa shape index (κ1) is 18.0. The van der Waals surface area contributed by atoms with Crippen LogP contribution in [0.3, 0.4) is 0 Å². The molecule has 0 saturated heterocycles. The van der Waals surface area contributed by atoms with Gasteiger partial charge in [0, 0.05) is 23.9 Å². The molecule has 0 spiro atoms. The molecule has 6 nitrogen and oxygen atoms in total. The summed E-state index contributed by atoms with van der Waals surface area (Å²) < 4.78 is 15.6. The van der Waals surface area contributed by atoms with E-state index in [2.05, 4.69) is 5.92 Å². The highest BCUT2D eigenvalue weighted by Gasteiger charge is 2.12. The Morgan fingerprint density at radius 1 is 1.18 bits per heavy atom. The first-order chi connectivity index (χ1) is 10.6. The lowest BCUT2D eigenvalue weighted by atomic mass is 9.99. The summed E-state index contributed by atoms with van der Waals surface area (Å²) in [6.45, 7) is 2.44. The quantitative estimate of drug-likeness (QED) is 0.374. The summed E-state index contributed by atoms with van der Waals surface area (Å²) in [7, 11) is 1.62. The monoisotopic (exact) mass is 306 g/mol. The molecule has 0 atom stereocenters. The Kier molecular flexibility index (Phi) is 8.00. The van der Waals surface area contributed by atoms with Crippen LogP contribution in [0.2, 0.25) is 0 Å². The standard InChI is InChI=1S/C16H22N2O4/c1-3-12-10-14(16(18)19)13(15(17)11-12)4-5-21-8-9-22-7-6-20-2/h1,10-11H,4-9,17H2,2H3,(H2,18,19). The normalized spacial score (nSPS) is 10.4. The number of rotatable bonds is 10. The van der Waals surface area contributed by atoms with Crippen LogP contribution in [0.5, 0.6) is 0 Å². The number of nitrogen functional groups attached to an aromatic ring is 1. The van der Waals surface area contributed by atoms with Gasteiger partial charge in [-0.15, -0.1) is 6.42 Å². The lowest BCUT2D eigenvalue weighted by Gasteiger charge is -2.12. The highest BCUT2D eigenvalue weighted by molar-refractivity contribution is 5.96. The molecule has 0 radical (unpaired) electrons. The van der Waals surface area contributed by atoms with Gasteiger partial charge in [-0.05, 0) is 24.1 Å². The number of hydrogen-bond donors (Lipinski definition) is 2. The van der Waals surface area contributed by atoms with Crippen molar-refractivity contribution in [1.82, 2.24) is 0 Å². The number of methoxy groups -OCH3 is 1. The third-order valence-electron chi connectivity index (χ3n) is 3.02. The Hall–Kier alpha value is -2.07. The van der Waals surface area contributed by atoms with Crippen LogP contribution in [-0.2, 0) is 20.6 Å². The molecule has 1 amide bonds. The van der Waals surface area contributed by atoms with Gasteiger partial charge in [0.05, 0.1) is 33.0 Å². The molecule has 0 aliphatic rings. The van der Waals surface area contributed by atoms with E-state index in [4.69, 9.17) is 32.1 Å². The topological polar surface area (TPSA) is 96.8 Å². The first-order valence-electron chi connectivity index (χ1n) is 6.93. The van der Waals surface area contributed by atoms with Crippen molar-refractivity contribution in [1.29, 1.82) is 0 Å². The van der Waals surface area contributed by atoms with Crippen LogP contribution in [-0.4, -0.2) is 46.1 Å². The van der Waals surface area contributed by atoms with E-state index in [0.29, 0.717) is 61.8 Å². The van der Waals surface area contributed by atoms with Crippen LogP contribution < -0.4 is 11.5 Å². The predicted octanol–water partition coefficient (Wildman–Crippen LogP) is 0.571. The van der Waals surface area contributed by atoms with E-state index in [1.54, 1.807) is 19.2 Å². The van der Waals surface area contributed by atoms with E-state index < -0.39 is 5.91 Å². The van der Waals surface area contributed by atoms with Crippen molar-refractivity contribution in [2.75, 3.05) is 45.9 Å². The summed E-state index contributed by atoms with van der Waals surface area (Å²) in [5.41, 5.74) is 13.3. The summed E-state index contributed by atoms with van der Waals surface area (Å²) in [6, 6.07) is 3.22. The van der Waals surface area contributed by atoms with E-state index >= 15 is 0 Å². The van der Waals surface area contributed by atoms with E-state index in [1.165, 1.54) is 0 Å². The van der Waals surface area contributed by atoms with Crippen LogP contribution in [0.4, 0.5) is 5.69 Å². The van der Waals surface area contributed by atoms with E-state index in [-0.39, 0.29) is 0 Å². The van der Waals surface area contributed by atoms with Gasteiger partial charge >= 0.3 is 0 Å². The summed E-state index contributed by atoms with van der Waals surface area (Å²) >= 11 is 0. The number of carbonyl (C=O) groups excluding carboxylic acids is 1. The second-order valence-electron chi connectivity index (χ2n) is 4.57. The zero-order chi connectivity index (χ0) is 16.4. The second kappa shape index (κ2) is 9.79. The molecule has 0 saturated carbocycles. The zero-order valence-electron chi connectivity index (χ0n) is 12.8. The minimum atomic E-state index is -0.554. The molecule has 1 rings (SSSR count). The molecular weight excluding hydrogens is 284 g/mol. The smallest absolute Gasteiger partial charge is 0.249 e. The Morgan fingerprint density at radius 2 is 1.82 bits per heavy atom. The molecular formula is C16H22N2O4. The SMILES string of the molecule is C#Cc1cc(N)c(CCOCCOCCOC)c(C(N)=O)c1. The number of carbonyl (C=O) groups is 1. The highest BCUT2D eigenvalue weighted by Crippen LogP contribution is 2.20. The zero-order valence-corrected chi connectivity index (χ0v) is 12.8. The number of amides is 1. The average molecular weight is 306 g/mol. The number of hydrogen-bond acceptors (Lipinski definition) is 5.